The van der Waals surface area contributed by atoms with Crippen molar-refractivity contribution in [3.05, 3.63) is 35.9 Å². The maximum absolute atomic E-state index is 11.2. The number of carbonyl (C=O) groups is 1. The van der Waals surface area contributed by atoms with Gasteiger partial charge in [0.25, 0.3) is 0 Å². The standard InChI is InChI=1S/C15H21NO2/c1-16-11-15(12-5-3-2-4-6-12)18-14-9-7-13(17)8-10-14/h2-6,14-16H,7-11H2,1H3/t15-/m0/s1. The van der Waals surface area contributed by atoms with Crippen LogP contribution in [0.25, 0.3) is 0 Å². The fourth-order valence-corrected chi connectivity index (χ4v) is 2.38. The number of hydrogen-bond donors (Lipinski definition) is 1. The van der Waals surface area contributed by atoms with Crippen LogP contribution in [-0.4, -0.2) is 25.5 Å². The molecule has 1 saturated carbocycles. The molecule has 1 fully saturated rings. The minimum absolute atomic E-state index is 0.0782. The Bertz CT molecular complexity index is 367. The average molecular weight is 247 g/mol. The minimum Gasteiger partial charge on any atom is -0.369 e. The number of rotatable bonds is 5. The first-order chi connectivity index (χ1) is 8.79. The van der Waals surface area contributed by atoms with Gasteiger partial charge in [-0.2, -0.15) is 0 Å². The van der Waals surface area contributed by atoms with Gasteiger partial charge in [0, 0.05) is 19.4 Å². The molecule has 2 rings (SSSR count). The average Bonchev–Trinajstić information content (AvgIpc) is 2.42. The molecule has 0 unspecified atom stereocenters. The summed E-state index contributed by atoms with van der Waals surface area (Å²) in [6, 6.07) is 10.3. The Morgan fingerprint density at radius 3 is 2.56 bits per heavy atom. The van der Waals surface area contributed by atoms with Crippen LogP contribution in [0, 0.1) is 0 Å². The molecule has 0 amide bonds. The molecular formula is C15H21NO2. The molecule has 1 N–H and O–H groups in total. The predicted octanol–water partition coefficient (Wildman–Crippen LogP) is 2.48. The number of likely N-dealkylation sites (N-methyl/N-ethyl adjacent to an activating group) is 1. The van der Waals surface area contributed by atoms with Gasteiger partial charge in [-0.1, -0.05) is 30.3 Å². The van der Waals surface area contributed by atoms with Crippen LogP contribution < -0.4 is 5.32 Å². The Balaban J connectivity index is 1.96. The van der Waals surface area contributed by atoms with Crippen LogP contribution in [0.2, 0.25) is 0 Å². The number of Topliss-reactive ketones (excluding diaryl/α,β-unsaturated/α-hetero) is 1. The zero-order valence-electron chi connectivity index (χ0n) is 10.9. The Kier molecular flexibility index (Phi) is 4.90. The summed E-state index contributed by atoms with van der Waals surface area (Å²) >= 11 is 0. The van der Waals surface area contributed by atoms with Gasteiger partial charge < -0.3 is 10.1 Å². The topological polar surface area (TPSA) is 38.3 Å². The van der Waals surface area contributed by atoms with Gasteiger partial charge in [0.2, 0.25) is 0 Å². The van der Waals surface area contributed by atoms with E-state index in [1.54, 1.807) is 0 Å². The fourth-order valence-electron chi connectivity index (χ4n) is 2.38. The van der Waals surface area contributed by atoms with Crippen LogP contribution >= 0.6 is 0 Å². The van der Waals surface area contributed by atoms with Crippen LogP contribution in [-0.2, 0) is 9.53 Å². The lowest BCUT2D eigenvalue weighted by Crippen LogP contribution is -2.28. The lowest BCUT2D eigenvalue weighted by molar-refractivity contribution is -0.124. The number of ether oxygens (including phenoxy) is 1. The van der Waals surface area contributed by atoms with Crippen molar-refractivity contribution in [3.63, 3.8) is 0 Å². The number of hydrogen-bond acceptors (Lipinski definition) is 3. The van der Waals surface area contributed by atoms with Crippen molar-refractivity contribution in [3.8, 4) is 0 Å². The molecular weight excluding hydrogens is 226 g/mol. The van der Waals surface area contributed by atoms with Gasteiger partial charge in [0.05, 0.1) is 12.2 Å². The van der Waals surface area contributed by atoms with Gasteiger partial charge in [-0.25, -0.2) is 0 Å². The van der Waals surface area contributed by atoms with Gasteiger partial charge in [-0.15, -0.1) is 0 Å². The fraction of sp³-hybridized carbons (Fsp3) is 0.533. The van der Waals surface area contributed by atoms with E-state index in [1.807, 2.05) is 25.2 Å². The lowest BCUT2D eigenvalue weighted by atomic mass is 9.96. The molecule has 1 aliphatic rings. The molecule has 0 saturated heterocycles. The highest BCUT2D eigenvalue weighted by atomic mass is 16.5. The normalized spacial score (nSPS) is 18.8. The molecule has 98 valence electrons. The van der Waals surface area contributed by atoms with Gasteiger partial charge in [-0.05, 0) is 25.5 Å². The van der Waals surface area contributed by atoms with E-state index in [2.05, 4.69) is 17.4 Å². The largest absolute Gasteiger partial charge is 0.369 e. The second kappa shape index (κ2) is 6.66. The summed E-state index contributed by atoms with van der Waals surface area (Å²) in [5.41, 5.74) is 1.20. The van der Waals surface area contributed by atoms with E-state index >= 15 is 0 Å². The summed E-state index contributed by atoms with van der Waals surface area (Å²) in [6.07, 6.45) is 3.38. The molecule has 0 spiro atoms. The van der Waals surface area contributed by atoms with Crippen molar-refractivity contribution < 1.29 is 9.53 Å². The zero-order valence-corrected chi connectivity index (χ0v) is 10.9. The van der Waals surface area contributed by atoms with Crippen molar-refractivity contribution in [1.29, 1.82) is 0 Å². The van der Waals surface area contributed by atoms with Crippen molar-refractivity contribution in [2.24, 2.45) is 0 Å². The maximum atomic E-state index is 11.2. The quantitative estimate of drug-likeness (QED) is 0.868. The van der Waals surface area contributed by atoms with Crippen molar-refractivity contribution in [1.82, 2.24) is 5.32 Å². The molecule has 1 atom stereocenters. The molecule has 0 radical (unpaired) electrons. The second-order valence-electron chi connectivity index (χ2n) is 4.83. The summed E-state index contributed by atoms with van der Waals surface area (Å²) in [6.45, 7) is 0.800. The van der Waals surface area contributed by atoms with E-state index in [9.17, 15) is 4.79 Å². The molecule has 18 heavy (non-hydrogen) atoms. The van der Waals surface area contributed by atoms with Gasteiger partial charge in [0.15, 0.2) is 0 Å². The van der Waals surface area contributed by atoms with Crippen molar-refractivity contribution in [2.75, 3.05) is 13.6 Å². The van der Waals surface area contributed by atoms with Gasteiger partial charge in [0.1, 0.15) is 5.78 Å². The summed E-state index contributed by atoms with van der Waals surface area (Å²) in [7, 11) is 1.93. The van der Waals surface area contributed by atoms with Gasteiger partial charge >= 0.3 is 0 Å². The number of ketones is 1. The van der Waals surface area contributed by atoms with Crippen LogP contribution in [0.4, 0.5) is 0 Å². The monoisotopic (exact) mass is 247 g/mol. The molecule has 0 bridgehead atoms. The smallest absolute Gasteiger partial charge is 0.133 e. The highest BCUT2D eigenvalue weighted by Gasteiger charge is 2.23. The molecule has 0 aliphatic heterocycles. The van der Waals surface area contributed by atoms with Crippen molar-refractivity contribution >= 4 is 5.78 Å². The Labute approximate surface area is 109 Å². The third-order valence-corrected chi connectivity index (χ3v) is 3.41. The molecule has 0 aromatic heterocycles. The SMILES string of the molecule is CNC[C@H](OC1CCC(=O)CC1)c1ccccc1. The maximum Gasteiger partial charge on any atom is 0.133 e. The predicted molar refractivity (Wildman–Crippen MR) is 71.5 cm³/mol. The third-order valence-electron chi connectivity index (χ3n) is 3.41. The summed E-state index contributed by atoms with van der Waals surface area (Å²) in [5, 5.41) is 3.17. The Morgan fingerprint density at radius 1 is 1.28 bits per heavy atom. The number of carbonyl (C=O) groups excluding carboxylic acids is 1. The first kappa shape index (κ1) is 13.2. The molecule has 1 aromatic carbocycles. The molecule has 0 heterocycles. The van der Waals surface area contributed by atoms with Crippen LogP contribution in [0.5, 0.6) is 0 Å². The summed E-state index contributed by atoms with van der Waals surface area (Å²) in [5.74, 6) is 0.375. The van der Waals surface area contributed by atoms with Crippen LogP contribution in [0.3, 0.4) is 0 Å². The summed E-state index contributed by atoms with van der Waals surface area (Å²) in [4.78, 5) is 11.2. The van der Waals surface area contributed by atoms with Crippen LogP contribution in [0.1, 0.15) is 37.4 Å². The van der Waals surface area contributed by atoms with E-state index in [0.29, 0.717) is 18.6 Å². The second-order valence-corrected chi connectivity index (χ2v) is 4.83. The zero-order chi connectivity index (χ0) is 12.8. The lowest BCUT2D eigenvalue weighted by Gasteiger charge is -2.27. The molecule has 1 aromatic rings. The highest BCUT2D eigenvalue weighted by molar-refractivity contribution is 5.79. The van der Waals surface area contributed by atoms with Gasteiger partial charge in [-0.3, -0.25) is 4.79 Å². The number of benzene rings is 1. The van der Waals surface area contributed by atoms with Crippen molar-refractivity contribution in [2.45, 2.75) is 37.9 Å². The molecule has 3 heteroatoms. The Morgan fingerprint density at radius 2 is 1.94 bits per heavy atom. The first-order valence-corrected chi connectivity index (χ1v) is 6.66. The van der Waals surface area contributed by atoms with E-state index in [4.69, 9.17) is 4.74 Å². The van der Waals surface area contributed by atoms with E-state index in [0.717, 1.165) is 19.4 Å². The Hall–Kier alpha value is -1.19. The third kappa shape index (κ3) is 3.65. The highest BCUT2D eigenvalue weighted by Crippen LogP contribution is 2.25. The van der Waals surface area contributed by atoms with E-state index < -0.39 is 0 Å². The summed E-state index contributed by atoms with van der Waals surface area (Å²) < 4.78 is 6.15. The van der Waals surface area contributed by atoms with E-state index in [-0.39, 0.29) is 12.2 Å². The van der Waals surface area contributed by atoms with Crippen LogP contribution in [0.15, 0.2) is 30.3 Å². The first-order valence-electron chi connectivity index (χ1n) is 6.66. The molecule has 1 aliphatic carbocycles. The number of nitrogens with one attached hydrogen (secondary N) is 1. The molecule has 3 nitrogen and oxygen atoms in total. The van der Waals surface area contributed by atoms with E-state index in [1.165, 1.54) is 5.56 Å². The minimum atomic E-state index is 0.0782.